The van der Waals surface area contributed by atoms with E-state index >= 15 is 0 Å². The van der Waals surface area contributed by atoms with Gasteiger partial charge < -0.3 is 16.9 Å². The van der Waals surface area contributed by atoms with Gasteiger partial charge in [-0.05, 0) is 18.4 Å². The molecule has 0 aliphatic rings. The number of anilines is 1. The average Bonchev–Trinajstić information content (AvgIpc) is 2.36. The highest BCUT2D eigenvalue weighted by Gasteiger charge is 2.06. The second-order valence-electron chi connectivity index (χ2n) is 3.00. The van der Waals surface area contributed by atoms with Gasteiger partial charge in [-0.15, -0.1) is 11.8 Å². The van der Waals surface area contributed by atoms with E-state index in [0.717, 1.165) is 22.3 Å². The van der Waals surface area contributed by atoms with Gasteiger partial charge in [0.15, 0.2) is 5.17 Å². The predicted octanol–water partition coefficient (Wildman–Crippen LogP) is 1.27. The Morgan fingerprint density at radius 3 is 2.82 bits per heavy atom. The van der Waals surface area contributed by atoms with Crippen molar-refractivity contribution in [2.75, 3.05) is 17.3 Å². The fourth-order valence-corrected chi connectivity index (χ4v) is 2.09. The molecule has 0 heterocycles. The number of nitrogens with one attached hydrogen (secondary N) is 1. The van der Waals surface area contributed by atoms with Crippen LogP contribution < -0.4 is 16.9 Å². The van der Waals surface area contributed by atoms with E-state index < -0.39 is 0 Å². The molecule has 0 saturated heterocycles. The first-order valence-corrected chi connectivity index (χ1v) is 6.97. The SMILES string of the molecule is CSc1ccccc1NC(=O)CSC(N)=NN. The van der Waals surface area contributed by atoms with Crippen LogP contribution in [0.3, 0.4) is 0 Å². The number of carbonyl (C=O) groups is 1. The van der Waals surface area contributed by atoms with Crippen LogP contribution in [-0.4, -0.2) is 23.1 Å². The monoisotopic (exact) mass is 270 g/mol. The maximum atomic E-state index is 11.6. The second kappa shape index (κ2) is 7.08. The van der Waals surface area contributed by atoms with Crippen LogP contribution in [0.2, 0.25) is 0 Å². The Morgan fingerprint density at radius 1 is 1.47 bits per heavy atom. The topological polar surface area (TPSA) is 93.5 Å². The van der Waals surface area contributed by atoms with Gasteiger partial charge in [-0.2, -0.15) is 5.10 Å². The highest BCUT2D eigenvalue weighted by Crippen LogP contribution is 2.24. The molecule has 0 radical (unpaired) electrons. The Kier molecular flexibility index (Phi) is 5.71. The summed E-state index contributed by atoms with van der Waals surface area (Å²) in [6.45, 7) is 0. The summed E-state index contributed by atoms with van der Waals surface area (Å²) in [6, 6.07) is 7.60. The fourth-order valence-electron chi connectivity index (χ4n) is 1.11. The highest BCUT2D eigenvalue weighted by molar-refractivity contribution is 8.14. The van der Waals surface area contributed by atoms with Crippen molar-refractivity contribution in [1.29, 1.82) is 0 Å². The van der Waals surface area contributed by atoms with E-state index in [-0.39, 0.29) is 16.8 Å². The van der Waals surface area contributed by atoms with E-state index in [9.17, 15) is 4.79 Å². The molecule has 5 nitrogen and oxygen atoms in total. The van der Waals surface area contributed by atoms with Gasteiger partial charge in [0.05, 0.1) is 11.4 Å². The molecule has 0 aliphatic heterocycles. The molecule has 7 heteroatoms. The molecule has 0 unspecified atom stereocenters. The maximum Gasteiger partial charge on any atom is 0.234 e. The van der Waals surface area contributed by atoms with E-state index in [2.05, 4.69) is 10.4 Å². The van der Waals surface area contributed by atoms with Crippen LogP contribution in [0.15, 0.2) is 34.3 Å². The molecule has 0 bridgehead atoms. The molecular weight excluding hydrogens is 256 g/mol. The first-order chi connectivity index (χ1) is 8.17. The number of hydrogen-bond acceptors (Lipinski definition) is 5. The zero-order chi connectivity index (χ0) is 12.7. The van der Waals surface area contributed by atoms with Gasteiger partial charge in [0.2, 0.25) is 5.91 Å². The maximum absolute atomic E-state index is 11.6. The Balaban J connectivity index is 2.56. The molecule has 1 rings (SSSR count). The molecule has 1 aromatic carbocycles. The van der Waals surface area contributed by atoms with Gasteiger partial charge in [-0.1, -0.05) is 23.9 Å². The normalized spacial score (nSPS) is 11.2. The molecule has 0 aromatic heterocycles. The largest absolute Gasteiger partial charge is 0.377 e. The molecule has 1 amide bonds. The second-order valence-corrected chi connectivity index (χ2v) is 4.85. The molecular formula is C10H14N4OS2. The van der Waals surface area contributed by atoms with E-state index in [4.69, 9.17) is 11.6 Å². The summed E-state index contributed by atoms with van der Waals surface area (Å²) in [7, 11) is 0. The number of nitrogens with two attached hydrogens (primary N) is 2. The van der Waals surface area contributed by atoms with Gasteiger partial charge >= 0.3 is 0 Å². The Bertz CT molecular complexity index is 423. The minimum atomic E-state index is -0.136. The minimum absolute atomic E-state index is 0.136. The van der Waals surface area contributed by atoms with Gasteiger partial charge in [0.1, 0.15) is 0 Å². The molecule has 0 saturated carbocycles. The van der Waals surface area contributed by atoms with E-state index in [1.807, 2.05) is 30.5 Å². The zero-order valence-electron chi connectivity index (χ0n) is 9.34. The van der Waals surface area contributed by atoms with Gasteiger partial charge in [-0.3, -0.25) is 4.79 Å². The first-order valence-electron chi connectivity index (χ1n) is 4.76. The van der Waals surface area contributed by atoms with Crippen LogP contribution in [0.1, 0.15) is 0 Å². The third kappa shape index (κ3) is 4.58. The lowest BCUT2D eigenvalue weighted by Gasteiger charge is -2.08. The van der Waals surface area contributed by atoms with Gasteiger partial charge in [0.25, 0.3) is 0 Å². The van der Waals surface area contributed by atoms with E-state index in [1.165, 1.54) is 0 Å². The molecule has 5 N–H and O–H groups in total. The van der Waals surface area contributed by atoms with Crippen LogP contribution in [0.4, 0.5) is 5.69 Å². The third-order valence-corrected chi connectivity index (χ3v) is 3.46. The van der Waals surface area contributed by atoms with Crippen LogP contribution >= 0.6 is 23.5 Å². The average molecular weight is 270 g/mol. The molecule has 0 spiro atoms. The van der Waals surface area contributed by atoms with Crippen molar-refractivity contribution in [2.24, 2.45) is 16.7 Å². The predicted molar refractivity (Wildman–Crippen MR) is 75.1 cm³/mol. The zero-order valence-corrected chi connectivity index (χ0v) is 11.0. The quantitative estimate of drug-likeness (QED) is 0.252. The number of benzene rings is 1. The lowest BCUT2D eigenvalue weighted by atomic mass is 10.3. The number of amidine groups is 1. The number of para-hydroxylation sites is 1. The minimum Gasteiger partial charge on any atom is -0.377 e. The standard InChI is InChI=1S/C10H14N4OS2/c1-16-8-5-3-2-4-7(8)13-9(15)6-17-10(11)14-12/h2-5H,6,12H2,1H3,(H2,11,14)(H,13,15). The number of hydrogen-bond donors (Lipinski definition) is 3. The Labute approximate surface area is 108 Å². The van der Waals surface area contributed by atoms with Crippen molar-refractivity contribution < 1.29 is 4.79 Å². The molecule has 1 aromatic rings. The number of rotatable bonds is 4. The third-order valence-electron chi connectivity index (χ3n) is 1.86. The lowest BCUT2D eigenvalue weighted by Crippen LogP contribution is -2.18. The van der Waals surface area contributed by atoms with Crippen molar-refractivity contribution in [3.05, 3.63) is 24.3 Å². The van der Waals surface area contributed by atoms with Gasteiger partial charge in [-0.25, -0.2) is 0 Å². The number of carbonyl (C=O) groups excluding carboxylic acids is 1. The molecule has 0 atom stereocenters. The van der Waals surface area contributed by atoms with E-state index in [1.54, 1.807) is 11.8 Å². The summed E-state index contributed by atoms with van der Waals surface area (Å²) in [6.07, 6.45) is 1.96. The van der Waals surface area contributed by atoms with Crippen molar-refractivity contribution in [3.8, 4) is 0 Å². The van der Waals surface area contributed by atoms with Crippen LogP contribution in [-0.2, 0) is 4.79 Å². The Morgan fingerprint density at radius 2 is 2.18 bits per heavy atom. The van der Waals surface area contributed by atoms with Gasteiger partial charge in [0, 0.05) is 4.90 Å². The number of amides is 1. The van der Waals surface area contributed by atoms with Crippen molar-refractivity contribution in [1.82, 2.24) is 0 Å². The van der Waals surface area contributed by atoms with Crippen LogP contribution in [0.25, 0.3) is 0 Å². The number of thioether (sulfide) groups is 2. The summed E-state index contributed by atoms with van der Waals surface area (Å²) in [5, 5.41) is 6.28. The molecule has 0 fully saturated rings. The first kappa shape index (κ1) is 13.7. The summed E-state index contributed by atoms with van der Waals surface area (Å²) >= 11 is 2.68. The lowest BCUT2D eigenvalue weighted by molar-refractivity contribution is -0.113. The summed E-state index contributed by atoms with van der Waals surface area (Å²) in [5.74, 6) is 5.02. The summed E-state index contributed by atoms with van der Waals surface area (Å²) in [4.78, 5) is 12.6. The van der Waals surface area contributed by atoms with Crippen LogP contribution in [0, 0.1) is 0 Å². The fraction of sp³-hybridized carbons (Fsp3) is 0.200. The smallest absolute Gasteiger partial charge is 0.234 e. The van der Waals surface area contributed by atoms with E-state index in [0.29, 0.717) is 0 Å². The van der Waals surface area contributed by atoms with Crippen molar-refractivity contribution in [3.63, 3.8) is 0 Å². The highest BCUT2D eigenvalue weighted by atomic mass is 32.2. The van der Waals surface area contributed by atoms with Crippen LogP contribution in [0.5, 0.6) is 0 Å². The number of hydrazone groups is 1. The number of nitrogens with zero attached hydrogens (tertiary/aromatic N) is 1. The molecule has 17 heavy (non-hydrogen) atoms. The van der Waals surface area contributed by atoms with Crippen molar-refractivity contribution >= 4 is 40.3 Å². The van der Waals surface area contributed by atoms with Crippen molar-refractivity contribution in [2.45, 2.75) is 4.90 Å². The summed E-state index contributed by atoms with van der Waals surface area (Å²) < 4.78 is 0. The molecule has 92 valence electrons. The Hall–Kier alpha value is -1.34. The summed E-state index contributed by atoms with van der Waals surface area (Å²) in [5.41, 5.74) is 6.17. The molecule has 0 aliphatic carbocycles.